The van der Waals surface area contributed by atoms with Gasteiger partial charge in [-0.05, 0) is 37.1 Å². The highest BCUT2D eigenvalue weighted by Gasteiger charge is 2.35. The Morgan fingerprint density at radius 2 is 2.14 bits per heavy atom. The maximum Gasteiger partial charge on any atom is 0.264 e. The number of sulfonamides is 1. The Bertz CT molecular complexity index is 1150. The van der Waals surface area contributed by atoms with E-state index >= 15 is 0 Å². The highest BCUT2D eigenvalue weighted by molar-refractivity contribution is 7.93. The van der Waals surface area contributed by atoms with E-state index in [4.69, 9.17) is 0 Å². The minimum Gasteiger partial charge on any atom is -0.388 e. The topological polar surface area (TPSA) is 105 Å². The summed E-state index contributed by atoms with van der Waals surface area (Å²) in [5.41, 5.74) is 4.35. The zero-order valence-corrected chi connectivity index (χ0v) is 16.3. The van der Waals surface area contributed by atoms with Crippen molar-refractivity contribution in [2.24, 2.45) is 0 Å². The van der Waals surface area contributed by atoms with E-state index in [0.29, 0.717) is 35.3 Å². The van der Waals surface area contributed by atoms with Gasteiger partial charge in [0.25, 0.3) is 10.0 Å². The van der Waals surface area contributed by atoms with Crippen molar-refractivity contribution in [3.05, 3.63) is 58.8 Å². The summed E-state index contributed by atoms with van der Waals surface area (Å²) >= 11 is 0. The first-order valence-electron chi connectivity index (χ1n) is 8.90. The molecule has 0 amide bonds. The third kappa shape index (κ3) is 2.63. The van der Waals surface area contributed by atoms with Crippen molar-refractivity contribution in [3.63, 3.8) is 0 Å². The number of hydrogen-bond donors (Lipinski definition) is 3. The molecule has 144 valence electrons. The molecular weight excluding hydrogens is 376 g/mol. The molecule has 2 aromatic carbocycles. The van der Waals surface area contributed by atoms with Gasteiger partial charge in [-0.1, -0.05) is 12.1 Å². The summed E-state index contributed by atoms with van der Waals surface area (Å²) in [6, 6.07) is 10.4. The number of benzene rings is 2. The molecule has 0 aromatic heterocycles. The largest absolute Gasteiger partial charge is 0.388 e. The summed E-state index contributed by atoms with van der Waals surface area (Å²) in [5, 5.41) is 25.4. The number of allylic oxidation sites excluding steroid dienone is 1. The summed E-state index contributed by atoms with van der Waals surface area (Å²) in [4.78, 5) is 0.153. The Kier molecular flexibility index (Phi) is 4.29. The van der Waals surface area contributed by atoms with Crippen LogP contribution in [0.5, 0.6) is 0 Å². The number of fused-ring (bicyclic) bond motifs is 2. The van der Waals surface area contributed by atoms with Gasteiger partial charge in [0.05, 0.1) is 22.2 Å². The Hall–Kier alpha value is -3.02. The second-order valence-electron chi connectivity index (χ2n) is 6.83. The Labute approximate surface area is 164 Å². The number of hydrogen-bond acceptors (Lipinski definition) is 6. The van der Waals surface area contributed by atoms with Crippen molar-refractivity contribution in [1.29, 1.82) is 5.26 Å². The smallest absolute Gasteiger partial charge is 0.264 e. The third-order valence-electron chi connectivity index (χ3n) is 5.23. The van der Waals surface area contributed by atoms with Crippen LogP contribution in [0.15, 0.2) is 41.4 Å². The normalized spacial score (nSPS) is 17.9. The van der Waals surface area contributed by atoms with Gasteiger partial charge in [0.1, 0.15) is 0 Å². The van der Waals surface area contributed by atoms with Crippen molar-refractivity contribution in [2.75, 3.05) is 23.2 Å². The van der Waals surface area contributed by atoms with Crippen LogP contribution in [0.3, 0.4) is 0 Å². The number of anilines is 2. The van der Waals surface area contributed by atoms with E-state index in [1.165, 1.54) is 4.31 Å². The fraction of sp³-hybridized carbons (Fsp3) is 0.250. The van der Waals surface area contributed by atoms with Gasteiger partial charge in [0, 0.05) is 42.2 Å². The van der Waals surface area contributed by atoms with E-state index in [9.17, 15) is 18.8 Å². The number of nitrogens with zero attached hydrogens (tertiary/aromatic N) is 2. The van der Waals surface area contributed by atoms with Gasteiger partial charge in [-0.3, -0.25) is 4.31 Å². The number of aliphatic hydroxyl groups excluding tert-OH is 1. The Morgan fingerprint density at radius 1 is 1.36 bits per heavy atom. The van der Waals surface area contributed by atoms with Gasteiger partial charge < -0.3 is 15.7 Å². The molecule has 8 heteroatoms. The van der Waals surface area contributed by atoms with E-state index in [0.717, 1.165) is 16.8 Å². The van der Waals surface area contributed by atoms with Crippen LogP contribution in [0.2, 0.25) is 0 Å². The van der Waals surface area contributed by atoms with E-state index in [-0.39, 0.29) is 4.90 Å². The molecule has 0 radical (unpaired) electrons. The summed E-state index contributed by atoms with van der Waals surface area (Å²) < 4.78 is 28.6. The van der Waals surface area contributed by atoms with Crippen LogP contribution in [0, 0.1) is 11.3 Å². The predicted molar refractivity (Wildman–Crippen MR) is 107 cm³/mol. The molecule has 1 atom stereocenters. The second kappa shape index (κ2) is 6.55. The number of nitrogens with one attached hydrogen (secondary N) is 2. The molecule has 0 saturated heterocycles. The molecular formula is C20H20N4O3S. The molecule has 7 nitrogen and oxygen atoms in total. The van der Waals surface area contributed by atoms with Crippen molar-refractivity contribution < 1.29 is 13.5 Å². The monoisotopic (exact) mass is 396 g/mol. The minimum atomic E-state index is -3.88. The van der Waals surface area contributed by atoms with Crippen LogP contribution in [0.4, 0.5) is 11.4 Å². The molecule has 0 saturated carbocycles. The molecule has 1 unspecified atom stereocenters. The van der Waals surface area contributed by atoms with Crippen molar-refractivity contribution >= 4 is 27.0 Å². The quantitative estimate of drug-likeness (QED) is 0.735. The molecule has 28 heavy (non-hydrogen) atoms. The van der Waals surface area contributed by atoms with Gasteiger partial charge in [0.2, 0.25) is 0 Å². The van der Waals surface area contributed by atoms with Gasteiger partial charge >= 0.3 is 0 Å². The Balaban J connectivity index is 1.90. The third-order valence-corrected chi connectivity index (χ3v) is 7.09. The minimum absolute atomic E-state index is 0.153. The first-order valence-corrected chi connectivity index (χ1v) is 10.3. The van der Waals surface area contributed by atoms with Crippen LogP contribution in [-0.4, -0.2) is 27.1 Å². The zero-order chi connectivity index (χ0) is 20.1. The number of rotatable bonds is 3. The van der Waals surface area contributed by atoms with Gasteiger partial charge in [-0.25, -0.2) is 8.42 Å². The summed E-state index contributed by atoms with van der Waals surface area (Å²) in [7, 11) is -2.13. The molecule has 2 aromatic rings. The lowest BCUT2D eigenvalue weighted by atomic mass is 9.98. The molecule has 2 aliphatic heterocycles. The second-order valence-corrected chi connectivity index (χ2v) is 8.66. The first kappa shape index (κ1) is 18.3. The van der Waals surface area contributed by atoms with Gasteiger partial charge in [0.15, 0.2) is 6.23 Å². The fourth-order valence-electron chi connectivity index (χ4n) is 3.91. The average Bonchev–Trinajstić information content (AvgIpc) is 3.14. The standard InChI is InChI=1S/C20H20N4O3S/c1-12-11-23-20(25)15-4-3-5-18(19(12)15)28(26,27)24-7-6-14-16(22-2)8-13(10-21)9-17(14)24/h3-5,8-9,11,20,22-23,25H,6-7H2,1-2H3. The highest BCUT2D eigenvalue weighted by Crippen LogP contribution is 2.41. The number of nitriles is 1. The lowest BCUT2D eigenvalue weighted by molar-refractivity contribution is 0.154. The molecule has 2 heterocycles. The van der Waals surface area contributed by atoms with E-state index in [1.54, 1.807) is 43.6 Å². The maximum absolute atomic E-state index is 13.6. The lowest BCUT2D eigenvalue weighted by Crippen LogP contribution is -2.31. The molecule has 3 N–H and O–H groups in total. The molecule has 0 bridgehead atoms. The maximum atomic E-state index is 13.6. The van der Waals surface area contributed by atoms with Gasteiger partial charge in [-0.2, -0.15) is 5.26 Å². The Morgan fingerprint density at radius 3 is 2.86 bits per heavy atom. The van der Waals surface area contributed by atoms with Crippen molar-refractivity contribution in [3.8, 4) is 6.07 Å². The van der Waals surface area contributed by atoms with E-state index in [1.807, 2.05) is 6.92 Å². The van der Waals surface area contributed by atoms with Crippen molar-refractivity contribution in [1.82, 2.24) is 5.32 Å². The average molecular weight is 396 g/mol. The number of aliphatic hydroxyl groups is 1. The highest BCUT2D eigenvalue weighted by atomic mass is 32.2. The molecule has 0 fully saturated rings. The first-order chi connectivity index (χ1) is 13.4. The van der Waals surface area contributed by atoms with Crippen LogP contribution < -0.4 is 14.9 Å². The summed E-state index contributed by atoms with van der Waals surface area (Å²) in [6.45, 7) is 2.11. The predicted octanol–water partition coefficient (Wildman–Crippen LogP) is 2.31. The SMILES string of the molecule is CNc1cc(C#N)cc2c1CCN2S(=O)(=O)c1cccc2c1C(C)=CNC2O. The zero-order valence-electron chi connectivity index (χ0n) is 15.5. The van der Waals surface area contributed by atoms with Gasteiger partial charge in [-0.15, -0.1) is 0 Å². The molecule has 0 aliphatic carbocycles. The molecule has 0 spiro atoms. The lowest BCUT2D eigenvalue weighted by Gasteiger charge is -2.27. The van der Waals surface area contributed by atoms with Crippen LogP contribution >= 0.6 is 0 Å². The van der Waals surface area contributed by atoms with E-state index in [2.05, 4.69) is 16.7 Å². The van der Waals surface area contributed by atoms with Crippen LogP contribution in [-0.2, 0) is 16.4 Å². The molecule has 4 rings (SSSR count). The fourth-order valence-corrected chi connectivity index (χ4v) is 5.69. The summed E-state index contributed by atoms with van der Waals surface area (Å²) in [6.07, 6.45) is 1.22. The van der Waals surface area contributed by atoms with E-state index < -0.39 is 16.3 Å². The molecule has 2 aliphatic rings. The van der Waals surface area contributed by atoms with Crippen molar-refractivity contribution in [2.45, 2.75) is 24.5 Å². The van der Waals surface area contributed by atoms with Crippen LogP contribution in [0.25, 0.3) is 5.57 Å². The van der Waals surface area contributed by atoms with Crippen LogP contribution in [0.1, 0.15) is 35.4 Å². The summed E-state index contributed by atoms with van der Waals surface area (Å²) in [5.74, 6) is 0.